The van der Waals surface area contributed by atoms with Crippen LogP contribution in [0.25, 0.3) is 0 Å². The number of hydrogen-bond acceptors (Lipinski definition) is 4. The van der Waals surface area contributed by atoms with E-state index in [-0.39, 0.29) is 11.9 Å². The summed E-state index contributed by atoms with van der Waals surface area (Å²) < 4.78 is 0. The number of amides is 1. The highest BCUT2D eigenvalue weighted by Gasteiger charge is 2.28. The van der Waals surface area contributed by atoms with Gasteiger partial charge in [-0.05, 0) is 19.1 Å². The molecule has 1 N–H and O–H groups in total. The van der Waals surface area contributed by atoms with Crippen LogP contribution in [0.2, 0.25) is 0 Å². The van der Waals surface area contributed by atoms with Crippen molar-refractivity contribution in [3.63, 3.8) is 0 Å². The molecule has 1 aromatic heterocycles. The summed E-state index contributed by atoms with van der Waals surface area (Å²) in [5.74, 6) is -0.0662. The number of nitrogens with one attached hydrogen (secondary N) is 1. The van der Waals surface area contributed by atoms with Crippen LogP contribution in [0.4, 0.5) is 0 Å². The van der Waals surface area contributed by atoms with Gasteiger partial charge in [-0.25, -0.2) is 4.98 Å². The zero-order valence-electron chi connectivity index (χ0n) is 9.68. The third-order valence-corrected chi connectivity index (χ3v) is 2.91. The first-order valence-electron chi connectivity index (χ1n) is 5.64. The summed E-state index contributed by atoms with van der Waals surface area (Å²) in [6.45, 7) is 4.32. The van der Waals surface area contributed by atoms with Crippen molar-refractivity contribution in [3.05, 3.63) is 29.6 Å². The number of likely N-dealkylation sites (N-methyl/N-ethyl adjacent to an activating group) is 1. The number of pyridine rings is 1. The molecule has 0 unspecified atom stereocenters. The molecule has 1 aromatic rings. The number of aromatic nitrogens is 1. The lowest BCUT2D eigenvalue weighted by Gasteiger charge is -2.37. The van der Waals surface area contributed by atoms with E-state index in [1.165, 1.54) is 6.20 Å². The Morgan fingerprint density at radius 2 is 2.41 bits per heavy atom. The molecule has 1 saturated heterocycles. The largest absolute Gasteiger partial charge is 0.332 e. The molecular weight excluding hydrogens is 216 g/mol. The third-order valence-electron chi connectivity index (χ3n) is 2.91. The fourth-order valence-corrected chi connectivity index (χ4v) is 1.80. The molecule has 5 nitrogen and oxygen atoms in total. The molecule has 88 valence electrons. The zero-order chi connectivity index (χ0) is 12.3. The second kappa shape index (κ2) is 4.93. The molecule has 2 heterocycles. The molecule has 1 fully saturated rings. The number of nitriles is 1. The topological polar surface area (TPSA) is 69.0 Å². The first-order valence-corrected chi connectivity index (χ1v) is 5.64. The molecule has 5 heteroatoms. The summed E-state index contributed by atoms with van der Waals surface area (Å²) in [7, 11) is 0. The van der Waals surface area contributed by atoms with Crippen LogP contribution >= 0.6 is 0 Å². The van der Waals surface area contributed by atoms with E-state index in [9.17, 15) is 4.79 Å². The van der Waals surface area contributed by atoms with E-state index in [2.05, 4.69) is 10.3 Å². The van der Waals surface area contributed by atoms with Gasteiger partial charge < -0.3 is 10.2 Å². The minimum Gasteiger partial charge on any atom is -0.332 e. The van der Waals surface area contributed by atoms with Gasteiger partial charge in [0, 0.05) is 25.8 Å². The van der Waals surface area contributed by atoms with Crippen molar-refractivity contribution in [2.24, 2.45) is 0 Å². The Bertz CT molecular complexity index is 445. The SMILES string of the molecule is CCN(C(=O)c1ccc(C#N)cn1)C1CNC1. The summed E-state index contributed by atoms with van der Waals surface area (Å²) in [6, 6.07) is 5.48. The fraction of sp³-hybridized carbons (Fsp3) is 0.417. The Balaban J connectivity index is 2.14. The first-order chi connectivity index (χ1) is 8.26. The number of carbonyl (C=O) groups excluding carboxylic acids is 1. The van der Waals surface area contributed by atoms with Crippen molar-refractivity contribution < 1.29 is 4.79 Å². The predicted molar refractivity (Wildman–Crippen MR) is 62.3 cm³/mol. The molecule has 1 amide bonds. The minimum absolute atomic E-state index is 0.0662. The molecular formula is C12H14N4O. The standard InChI is InChI=1S/C12H14N4O/c1-2-16(10-7-14-8-10)12(17)11-4-3-9(5-13)6-15-11/h3-4,6,10,14H,2,7-8H2,1H3. The molecule has 0 aliphatic carbocycles. The van der Waals surface area contributed by atoms with Crippen LogP contribution < -0.4 is 5.32 Å². The van der Waals surface area contributed by atoms with Crippen LogP contribution in [0, 0.1) is 11.3 Å². The average molecular weight is 230 g/mol. The van der Waals surface area contributed by atoms with Gasteiger partial charge in [0.2, 0.25) is 0 Å². The molecule has 1 aliphatic heterocycles. The summed E-state index contributed by atoms with van der Waals surface area (Å²) in [4.78, 5) is 18.0. The first kappa shape index (κ1) is 11.6. The Labute approximate surface area is 100 Å². The van der Waals surface area contributed by atoms with E-state index in [1.54, 1.807) is 12.1 Å². The summed E-state index contributed by atoms with van der Waals surface area (Å²) in [5, 5.41) is 11.8. The Hall–Kier alpha value is -1.93. The normalized spacial score (nSPS) is 14.8. The van der Waals surface area contributed by atoms with Crippen LogP contribution in [0.3, 0.4) is 0 Å². The van der Waals surface area contributed by atoms with Gasteiger partial charge in [0.1, 0.15) is 11.8 Å². The van der Waals surface area contributed by atoms with Crippen LogP contribution in [0.15, 0.2) is 18.3 Å². The van der Waals surface area contributed by atoms with E-state index in [4.69, 9.17) is 5.26 Å². The molecule has 0 aromatic carbocycles. The summed E-state index contributed by atoms with van der Waals surface area (Å²) >= 11 is 0. The maximum absolute atomic E-state index is 12.2. The molecule has 0 spiro atoms. The number of rotatable bonds is 3. The van der Waals surface area contributed by atoms with Gasteiger partial charge >= 0.3 is 0 Å². The monoisotopic (exact) mass is 230 g/mol. The van der Waals surface area contributed by atoms with Gasteiger partial charge in [-0.2, -0.15) is 5.26 Å². The second-order valence-electron chi connectivity index (χ2n) is 3.95. The predicted octanol–water partition coefficient (Wildman–Crippen LogP) is 0.387. The van der Waals surface area contributed by atoms with Gasteiger partial charge in [0.15, 0.2) is 0 Å². The Kier molecular flexibility index (Phi) is 3.35. The van der Waals surface area contributed by atoms with Gasteiger partial charge in [0.25, 0.3) is 5.91 Å². The lowest BCUT2D eigenvalue weighted by Crippen LogP contribution is -2.58. The van der Waals surface area contributed by atoms with Crippen molar-refractivity contribution in [3.8, 4) is 6.07 Å². The van der Waals surface area contributed by atoms with E-state index in [0.717, 1.165) is 13.1 Å². The van der Waals surface area contributed by atoms with Gasteiger partial charge in [-0.1, -0.05) is 0 Å². The van der Waals surface area contributed by atoms with E-state index >= 15 is 0 Å². The highest BCUT2D eigenvalue weighted by Crippen LogP contribution is 2.10. The maximum atomic E-state index is 12.2. The fourth-order valence-electron chi connectivity index (χ4n) is 1.80. The van der Waals surface area contributed by atoms with Crippen molar-refractivity contribution in [2.75, 3.05) is 19.6 Å². The number of hydrogen-bond donors (Lipinski definition) is 1. The third kappa shape index (κ3) is 2.27. The smallest absolute Gasteiger partial charge is 0.272 e. The van der Waals surface area contributed by atoms with Crippen LogP contribution in [0.5, 0.6) is 0 Å². The lowest BCUT2D eigenvalue weighted by atomic mass is 10.1. The van der Waals surface area contributed by atoms with Crippen LogP contribution in [-0.4, -0.2) is 41.5 Å². The van der Waals surface area contributed by atoms with Crippen molar-refractivity contribution in [1.82, 2.24) is 15.2 Å². The highest BCUT2D eigenvalue weighted by molar-refractivity contribution is 5.92. The zero-order valence-corrected chi connectivity index (χ0v) is 9.68. The molecule has 1 aliphatic rings. The van der Waals surface area contributed by atoms with Gasteiger partial charge in [-0.15, -0.1) is 0 Å². The molecule has 0 atom stereocenters. The van der Waals surface area contributed by atoms with E-state index in [0.29, 0.717) is 17.8 Å². The van der Waals surface area contributed by atoms with Crippen LogP contribution in [0.1, 0.15) is 23.0 Å². The van der Waals surface area contributed by atoms with Crippen molar-refractivity contribution in [2.45, 2.75) is 13.0 Å². The molecule has 0 bridgehead atoms. The van der Waals surface area contributed by atoms with Gasteiger partial charge in [0.05, 0.1) is 11.6 Å². The molecule has 17 heavy (non-hydrogen) atoms. The average Bonchev–Trinajstić information content (AvgIpc) is 2.32. The van der Waals surface area contributed by atoms with Crippen LogP contribution in [-0.2, 0) is 0 Å². The maximum Gasteiger partial charge on any atom is 0.272 e. The lowest BCUT2D eigenvalue weighted by molar-refractivity contribution is 0.0624. The molecule has 0 saturated carbocycles. The summed E-state index contributed by atoms with van der Waals surface area (Å²) in [6.07, 6.45) is 1.43. The van der Waals surface area contributed by atoms with Crippen molar-refractivity contribution in [1.29, 1.82) is 5.26 Å². The number of carbonyl (C=O) groups is 1. The minimum atomic E-state index is -0.0662. The Morgan fingerprint density at radius 1 is 1.65 bits per heavy atom. The Morgan fingerprint density at radius 3 is 2.82 bits per heavy atom. The highest BCUT2D eigenvalue weighted by atomic mass is 16.2. The van der Waals surface area contributed by atoms with Crippen molar-refractivity contribution >= 4 is 5.91 Å². The molecule has 0 radical (unpaired) electrons. The number of nitrogens with zero attached hydrogens (tertiary/aromatic N) is 3. The van der Waals surface area contributed by atoms with E-state index < -0.39 is 0 Å². The van der Waals surface area contributed by atoms with Gasteiger partial charge in [-0.3, -0.25) is 4.79 Å². The summed E-state index contributed by atoms with van der Waals surface area (Å²) in [5.41, 5.74) is 0.868. The second-order valence-corrected chi connectivity index (χ2v) is 3.95. The van der Waals surface area contributed by atoms with E-state index in [1.807, 2.05) is 17.9 Å². The molecule has 2 rings (SSSR count). The quantitative estimate of drug-likeness (QED) is 0.815.